The average Bonchev–Trinajstić information content (AvgIpc) is 2.30. The molecule has 1 atom stereocenters. The van der Waals surface area contributed by atoms with Crippen molar-refractivity contribution in [2.24, 2.45) is 5.92 Å². The van der Waals surface area contributed by atoms with Crippen LogP contribution in [0, 0.1) is 11.7 Å². The number of hydrogen-bond acceptors (Lipinski definition) is 2. The summed E-state index contributed by atoms with van der Waals surface area (Å²) in [5, 5.41) is 12.2. The van der Waals surface area contributed by atoms with Crippen molar-refractivity contribution in [2.45, 2.75) is 39.2 Å². The van der Waals surface area contributed by atoms with Gasteiger partial charge in [0.2, 0.25) is 0 Å². The van der Waals surface area contributed by atoms with E-state index in [1.807, 2.05) is 0 Å². The van der Waals surface area contributed by atoms with Gasteiger partial charge >= 0.3 is 5.97 Å². The highest BCUT2D eigenvalue weighted by molar-refractivity contribution is 5.67. The number of benzene rings is 1. The molecule has 0 aromatic heterocycles. The molecule has 1 aromatic carbocycles. The van der Waals surface area contributed by atoms with Crippen LogP contribution >= 0.6 is 0 Å². The third kappa shape index (κ3) is 6.91. The summed E-state index contributed by atoms with van der Waals surface area (Å²) in [5.74, 6) is -0.501. The van der Waals surface area contributed by atoms with Crippen LogP contribution in [0.15, 0.2) is 24.3 Å². The van der Waals surface area contributed by atoms with E-state index in [2.05, 4.69) is 19.2 Å². The second-order valence-electron chi connectivity index (χ2n) is 5.26. The van der Waals surface area contributed by atoms with Crippen LogP contribution in [0.1, 0.15) is 32.3 Å². The molecule has 19 heavy (non-hydrogen) atoms. The van der Waals surface area contributed by atoms with E-state index in [9.17, 15) is 9.18 Å². The summed E-state index contributed by atoms with van der Waals surface area (Å²) >= 11 is 0. The minimum Gasteiger partial charge on any atom is -0.481 e. The zero-order valence-electron chi connectivity index (χ0n) is 11.5. The van der Waals surface area contributed by atoms with Crippen LogP contribution in [0.4, 0.5) is 4.39 Å². The van der Waals surface area contributed by atoms with E-state index in [1.165, 1.54) is 12.1 Å². The molecule has 0 spiro atoms. The van der Waals surface area contributed by atoms with Crippen LogP contribution in [0.5, 0.6) is 0 Å². The molecule has 0 saturated heterocycles. The predicted octanol–water partition coefficient (Wildman–Crippen LogP) is 2.85. The molecule has 0 aliphatic rings. The minimum atomic E-state index is -0.816. The summed E-state index contributed by atoms with van der Waals surface area (Å²) < 4.78 is 12.8. The molecule has 1 rings (SSSR count). The van der Waals surface area contributed by atoms with Gasteiger partial charge in [-0.3, -0.25) is 4.79 Å². The first-order chi connectivity index (χ1) is 8.97. The quantitative estimate of drug-likeness (QED) is 0.761. The maximum absolute atomic E-state index is 12.8. The van der Waals surface area contributed by atoms with Gasteiger partial charge in [-0.1, -0.05) is 26.0 Å². The summed E-state index contributed by atoms with van der Waals surface area (Å²) in [7, 11) is 0. The Morgan fingerprint density at radius 2 is 1.95 bits per heavy atom. The number of carbonyl (C=O) groups is 1. The Bertz CT molecular complexity index is 390. The van der Waals surface area contributed by atoms with E-state index < -0.39 is 5.97 Å². The van der Waals surface area contributed by atoms with Gasteiger partial charge < -0.3 is 10.4 Å². The fraction of sp³-hybridized carbons (Fsp3) is 0.533. The van der Waals surface area contributed by atoms with Crippen LogP contribution in [-0.2, 0) is 11.2 Å². The van der Waals surface area contributed by atoms with Gasteiger partial charge in [0.15, 0.2) is 0 Å². The molecule has 1 unspecified atom stereocenters. The van der Waals surface area contributed by atoms with Crippen molar-refractivity contribution in [3.63, 3.8) is 0 Å². The van der Waals surface area contributed by atoms with Gasteiger partial charge in [0.05, 0.1) is 6.42 Å². The maximum atomic E-state index is 12.8. The lowest BCUT2D eigenvalue weighted by Gasteiger charge is -2.17. The van der Waals surface area contributed by atoms with E-state index in [0.717, 1.165) is 18.5 Å². The molecule has 0 bridgehead atoms. The predicted molar refractivity (Wildman–Crippen MR) is 73.6 cm³/mol. The van der Waals surface area contributed by atoms with Gasteiger partial charge in [-0.25, -0.2) is 4.39 Å². The van der Waals surface area contributed by atoms with Crippen LogP contribution in [0.3, 0.4) is 0 Å². The highest BCUT2D eigenvalue weighted by atomic mass is 19.1. The molecule has 0 amide bonds. The van der Waals surface area contributed by atoms with Crippen LogP contribution in [0.25, 0.3) is 0 Å². The first-order valence-electron chi connectivity index (χ1n) is 6.67. The standard InChI is InChI=1S/C15H22FNO2/c1-11(2)7-8-17-14(10-15(18)19)9-12-3-5-13(16)6-4-12/h3-6,11,14,17H,7-10H2,1-2H3,(H,18,19). The Hall–Kier alpha value is -1.42. The number of carboxylic acid groups (broad SMARTS) is 1. The molecule has 4 heteroatoms. The number of nitrogens with one attached hydrogen (secondary N) is 1. The third-order valence-electron chi connectivity index (χ3n) is 2.97. The lowest BCUT2D eigenvalue weighted by Crippen LogP contribution is -2.34. The van der Waals surface area contributed by atoms with Gasteiger partial charge in [-0.2, -0.15) is 0 Å². The Balaban J connectivity index is 2.53. The smallest absolute Gasteiger partial charge is 0.304 e. The van der Waals surface area contributed by atoms with Crippen molar-refractivity contribution in [2.75, 3.05) is 6.54 Å². The third-order valence-corrected chi connectivity index (χ3v) is 2.97. The van der Waals surface area contributed by atoms with Gasteiger partial charge in [0.1, 0.15) is 5.82 Å². The monoisotopic (exact) mass is 267 g/mol. The molecule has 0 radical (unpaired) electrons. The number of carboxylic acids is 1. The van der Waals surface area contributed by atoms with Crippen molar-refractivity contribution < 1.29 is 14.3 Å². The summed E-state index contributed by atoms with van der Waals surface area (Å²) in [6.45, 7) is 5.07. The van der Waals surface area contributed by atoms with Gasteiger partial charge in [0.25, 0.3) is 0 Å². The molecule has 0 heterocycles. The van der Waals surface area contributed by atoms with E-state index in [-0.39, 0.29) is 18.3 Å². The largest absolute Gasteiger partial charge is 0.481 e. The van der Waals surface area contributed by atoms with E-state index >= 15 is 0 Å². The maximum Gasteiger partial charge on any atom is 0.304 e. The molecule has 2 N–H and O–H groups in total. The zero-order valence-corrected chi connectivity index (χ0v) is 11.5. The normalized spacial score (nSPS) is 12.6. The Morgan fingerprint density at radius 3 is 2.47 bits per heavy atom. The van der Waals surface area contributed by atoms with Crippen molar-refractivity contribution in [1.82, 2.24) is 5.32 Å². The van der Waals surface area contributed by atoms with Crippen molar-refractivity contribution in [3.8, 4) is 0 Å². The zero-order chi connectivity index (χ0) is 14.3. The lowest BCUT2D eigenvalue weighted by molar-refractivity contribution is -0.137. The van der Waals surface area contributed by atoms with Gasteiger partial charge in [0, 0.05) is 6.04 Å². The summed E-state index contributed by atoms with van der Waals surface area (Å²) in [4.78, 5) is 10.9. The minimum absolute atomic E-state index is 0.0788. The Morgan fingerprint density at radius 1 is 1.32 bits per heavy atom. The molecule has 0 fully saturated rings. The molecule has 0 saturated carbocycles. The topological polar surface area (TPSA) is 49.3 Å². The summed E-state index contributed by atoms with van der Waals surface area (Å²) in [6, 6.07) is 6.10. The molecule has 106 valence electrons. The van der Waals surface area contributed by atoms with Crippen molar-refractivity contribution >= 4 is 5.97 Å². The lowest BCUT2D eigenvalue weighted by atomic mass is 10.0. The molecule has 0 aliphatic heterocycles. The van der Waals surface area contributed by atoms with E-state index in [1.54, 1.807) is 12.1 Å². The number of hydrogen-bond donors (Lipinski definition) is 2. The number of aliphatic carboxylic acids is 1. The fourth-order valence-electron chi connectivity index (χ4n) is 1.91. The first kappa shape index (κ1) is 15.6. The SMILES string of the molecule is CC(C)CCNC(CC(=O)O)Cc1ccc(F)cc1. The first-order valence-corrected chi connectivity index (χ1v) is 6.67. The van der Waals surface area contributed by atoms with Gasteiger partial charge in [-0.15, -0.1) is 0 Å². The molecule has 1 aromatic rings. The average molecular weight is 267 g/mol. The molecule has 3 nitrogen and oxygen atoms in total. The van der Waals surface area contributed by atoms with Crippen LogP contribution < -0.4 is 5.32 Å². The summed E-state index contributed by atoms with van der Waals surface area (Å²) in [6.07, 6.45) is 1.69. The molecular weight excluding hydrogens is 245 g/mol. The second kappa shape index (κ2) is 7.89. The molecule has 0 aliphatic carbocycles. The summed E-state index contributed by atoms with van der Waals surface area (Å²) in [5.41, 5.74) is 0.949. The highest BCUT2D eigenvalue weighted by Gasteiger charge is 2.13. The highest BCUT2D eigenvalue weighted by Crippen LogP contribution is 2.08. The van der Waals surface area contributed by atoms with E-state index in [0.29, 0.717) is 12.3 Å². The number of halogens is 1. The van der Waals surface area contributed by atoms with E-state index in [4.69, 9.17) is 5.11 Å². The molecular formula is C15H22FNO2. The Kier molecular flexibility index (Phi) is 6.50. The van der Waals surface area contributed by atoms with Crippen molar-refractivity contribution in [3.05, 3.63) is 35.6 Å². The second-order valence-corrected chi connectivity index (χ2v) is 5.26. The van der Waals surface area contributed by atoms with Gasteiger partial charge in [-0.05, 0) is 43.0 Å². The number of rotatable bonds is 8. The van der Waals surface area contributed by atoms with Crippen molar-refractivity contribution in [1.29, 1.82) is 0 Å². The van der Waals surface area contributed by atoms with Crippen LogP contribution in [-0.4, -0.2) is 23.7 Å². The van der Waals surface area contributed by atoms with Crippen LogP contribution in [0.2, 0.25) is 0 Å². The fourth-order valence-corrected chi connectivity index (χ4v) is 1.91. The Labute approximate surface area is 113 Å².